The van der Waals surface area contributed by atoms with Crippen LogP contribution in [-0.4, -0.2) is 22.7 Å². The van der Waals surface area contributed by atoms with Crippen molar-refractivity contribution in [2.45, 2.75) is 6.92 Å². The van der Waals surface area contributed by atoms with Gasteiger partial charge in [0.1, 0.15) is 11.4 Å². The van der Waals surface area contributed by atoms with E-state index in [1.807, 2.05) is 73.7 Å². The maximum Gasteiger partial charge on any atom is 0.287 e. The Labute approximate surface area is 186 Å². The van der Waals surface area contributed by atoms with Crippen LogP contribution in [0.5, 0.6) is 5.75 Å². The fourth-order valence-corrected chi connectivity index (χ4v) is 3.30. The van der Waals surface area contributed by atoms with Crippen LogP contribution in [0.2, 0.25) is 0 Å². The largest absolute Gasteiger partial charge is 0.493 e. The van der Waals surface area contributed by atoms with E-state index >= 15 is 0 Å². The van der Waals surface area contributed by atoms with E-state index in [9.17, 15) is 4.79 Å². The predicted octanol–water partition coefficient (Wildman–Crippen LogP) is 5.05. The molecule has 0 aliphatic carbocycles. The van der Waals surface area contributed by atoms with Gasteiger partial charge in [-0.2, -0.15) is 5.10 Å². The van der Waals surface area contributed by atoms with Crippen molar-refractivity contribution in [2.24, 2.45) is 0 Å². The van der Waals surface area contributed by atoms with Crippen molar-refractivity contribution in [3.8, 4) is 28.1 Å². The van der Waals surface area contributed by atoms with Crippen molar-refractivity contribution in [3.05, 3.63) is 103 Å². The third-order valence-electron chi connectivity index (χ3n) is 4.95. The Hall–Kier alpha value is -4.32. The smallest absolute Gasteiger partial charge is 0.287 e. The summed E-state index contributed by atoms with van der Waals surface area (Å²) in [5, 5.41) is 7.03. The Bertz CT molecular complexity index is 1210. The minimum atomic E-state index is -0.348. The number of hydrogen-bond acceptors (Lipinski definition) is 4. The maximum absolute atomic E-state index is 12.6. The summed E-state index contributed by atoms with van der Waals surface area (Å²) >= 11 is 0. The number of para-hydroxylation sites is 1. The Morgan fingerprint density at radius 3 is 2.38 bits per heavy atom. The molecule has 6 heteroatoms. The van der Waals surface area contributed by atoms with Gasteiger partial charge >= 0.3 is 0 Å². The van der Waals surface area contributed by atoms with Crippen LogP contribution in [0.3, 0.4) is 0 Å². The second kappa shape index (κ2) is 9.66. The molecule has 0 saturated carbocycles. The molecule has 160 valence electrons. The van der Waals surface area contributed by atoms with E-state index in [4.69, 9.17) is 4.74 Å². The monoisotopic (exact) mass is 424 g/mol. The number of ether oxygens (including phenoxy) is 1. The highest BCUT2D eigenvalue weighted by molar-refractivity contribution is 5.93. The van der Waals surface area contributed by atoms with Gasteiger partial charge in [-0.1, -0.05) is 73.3 Å². The first-order valence-corrected chi connectivity index (χ1v) is 10.3. The number of carbonyl (C=O) groups is 1. The molecule has 1 heterocycles. The van der Waals surface area contributed by atoms with E-state index in [0.29, 0.717) is 23.7 Å². The summed E-state index contributed by atoms with van der Waals surface area (Å²) in [5.74, 6) is 0.374. The Morgan fingerprint density at radius 1 is 0.938 bits per heavy atom. The molecule has 3 N–H and O–H groups in total. The normalized spacial score (nSPS) is 10.4. The Kier molecular flexibility index (Phi) is 6.32. The number of rotatable bonds is 8. The van der Waals surface area contributed by atoms with E-state index in [2.05, 4.69) is 39.8 Å². The minimum absolute atomic E-state index is 0.325. The molecule has 0 unspecified atom stereocenters. The van der Waals surface area contributed by atoms with Crippen molar-refractivity contribution in [1.82, 2.24) is 21.0 Å². The Morgan fingerprint density at radius 2 is 1.62 bits per heavy atom. The molecule has 32 heavy (non-hydrogen) atoms. The van der Waals surface area contributed by atoms with Gasteiger partial charge < -0.3 is 4.74 Å². The molecular weight excluding hydrogens is 400 g/mol. The molecule has 3 aromatic carbocycles. The quantitative estimate of drug-likeness (QED) is 0.346. The highest BCUT2D eigenvalue weighted by atomic mass is 16.5. The average Bonchev–Trinajstić information content (AvgIpc) is 3.34. The molecule has 0 aliphatic heterocycles. The number of nitrogens with one attached hydrogen (secondary N) is 3. The van der Waals surface area contributed by atoms with Crippen LogP contribution in [-0.2, 0) is 0 Å². The summed E-state index contributed by atoms with van der Waals surface area (Å²) in [4.78, 5) is 12.6. The minimum Gasteiger partial charge on any atom is -0.493 e. The fourth-order valence-electron chi connectivity index (χ4n) is 3.30. The van der Waals surface area contributed by atoms with E-state index < -0.39 is 0 Å². The zero-order chi connectivity index (χ0) is 22.3. The lowest BCUT2D eigenvalue weighted by Gasteiger charge is -2.11. The van der Waals surface area contributed by atoms with E-state index in [1.54, 1.807) is 6.07 Å². The van der Waals surface area contributed by atoms with Crippen LogP contribution in [0.4, 0.5) is 0 Å². The molecule has 0 bridgehead atoms. The van der Waals surface area contributed by atoms with E-state index in [1.165, 1.54) is 0 Å². The SMILES string of the molecule is C=C(NNC(=O)c1cc(-c2ccccc2OCC)n[nH]1)c1ccc(-c2ccccc2)cc1. The van der Waals surface area contributed by atoms with Gasteiger partial charge in [0.2, 0.25) is 0 Å². The lowest BCUT2D eigenvalue weighted by Crippen LogP contribution is -2.36. The molecule has 0 saturated heterocycles. The molecule has 0 spiro atoms. The number of carbonyl (C=O) groups excluding carboxylic acids is 1. The fraction of sp³-hybridized carbons (Fsp3) is 0.0769. The second-order valence-electron chi connectivity index (χ2n) is 7.10. The predicted molar refractivity (Wildman–Crippen MR) is 127 cm³/mol. The van der Waals surface area contributed by atoms with Gasteiger partial charge in [0.15, 0.2) is 0 Å². The number of H-pyrrole nitrogens is 1. The summed E-state index contributed by atoms with van der Waals surface area (Å²) in [7, 11) is 0. The highest BCUT2D eigenvalue weighted by Crippen LogP contribution is 2.28. The highest BCUT2D eigenvalue weighted by Gasteiger charge is 2.14. The number of aromatic amines is 1. The number of nitrogens with zero attached hydrogens (tertiary/aromatic N) is 1. The third-order valence-corrected chi connectivity index (χ3v) is 4.95. The van der Waals surface area contributed by atoms with E-state index in [0.717, 1.165) is 28.0 Å². The van der Waals surface area contributed by atoms with Gasteiger partial charge in [-0.3, -0.25) is 20.7 Å². The summed E-state index contributed by atoms with van der Waals surface area (Å²) in [6, 6.07) is 27.4. The van der Waals surface area contributed by atoms with Crippen molar-refractivity contribution in [1.29, 1.82) is 0 Å². The summed E-state index contributed by atoms with van der Waals surface area (Å²) in [6.45, 7) is 6.48. The first-order chi connectivity index (χ1) is 15.7. The lowest BCUT2D eigenvalue weighted by atomic mass is 10.0. The van der Waals surface area contributed by atoms with Crippen molar-refractivity contribution in [3.63, 3.8) is 0 Å². The second-order valence-corrected chi connectivity index (χ2v) is 7.10. The molecule has 0 radical (unpaired) electrons. The van der Waals surface area contributed by atoms with Crippen LogP contribution in [0, 0.1) is 0 Å². The van der Waals surface area contributed by atoms with Crippen molar-refractivity contribution in [2.75, 3.05) is 6.61 Å². The standard InChI is InChI=1S/C26H24N4O2/c1-3-32-25-12-8-7-11-22(25)23-17-24(29-28-23)26(31)30-27-18(2)19-13-15-21(16-14-19)20-9-5-4-6-10-20/h4-17,27H,2-3H2,1H3,(H,28,29)(H,30,31). The lowest BCUT2D eigenvalue weighted by molar-refractivity contribution is 0.0937. The van der Waals surface area contributed by atoms with Crippen LogP contribution < -0.4 is 15.6 Å². The molecule has 6 nitrogen and oxygen atoms in total. The van der Waals surface area contributed by atoms with Crippen molar-refractivity contribution >= 4 is 11.6 Å². The van der Waals surface area contributed by atoms with Gasteiger partial charge in [0.25, 0.3) is 5.91 Å². The summed E-state index contributed by atoms with van der Waals surface area (Å²) in [6.07, 6.45) is 0. The van der Waals surface area contributed by atoms with Crippen LogP contribution >= 0.6 is 0 Å². The molecule has 0 aliphatic rings. The third kappa shape index (κ3) is 4.70. The number of benzene rings is 3. The topological polar surface area (TPSA) is 79.0 Å². The zero-order valence-electron chi connectivity index (χ0n) is 17.8. The molecule has 1 aromatic heterocycles. The molecule has 1 amide bonds. The van der Waals surface area contributed by atoms with Gasteiger partial charge in [-0.05, 0) is 41.8 Å². The van der Waals surface area contributed by atoms with Gasteiger partial charge in [-0.25, -0.2) is 0 Å². The van der Waals surface area contributed by atoms with Gasteiger partial charge in [0.05, 0.1) is 18.0 Å². The summed E-state index contributed by atoms with van der Waals surface area (Å²) < 4.78 is 5.65. The Balaban J connectivity index is 1.39. The number of hydrogen-bond donors (Lipinski definition) is 3. The maximum atomic E-state index is 12.6. The molecular formula is C26H24N4O2. The molecule has 0 atom stereocenters. The van der Waals surface area contributed by atoms with Gasteiger partial charge in [0, 0.05) is 5.56 Å². The molecule has 0 fully saturated rings. The summed E-state index contributed by atoms with van der Waals surface area (Å²) in [5.41, 5.74) is 11.0. The molecule has 4 aromatic rings. The van der Waals surface area contributed by atoms with E-state index in [-0.39, 0.29) is 5.91 Å². The first kappa shape index (κ1) is 20.9. The number of aromatic nitrogens is 2. The number of hydrazine groups is 1. The molecule has 4 rings (SSSR count). The number of amides is 1. The van der Waals surface area contributed by atoms with Crippen LogP contribution in [0.25, 0.3) is 28.1 Å². The van der Waals surface area contributed by atoms with Crippen molar-refractivity contribution < 1.29 is 9.53 Å². The average molecular weight is 425 g/mol. The van der Waals surface area contributed by atoms with Crippen LogP contribution in [0.15, 0.2) is 91.5 Å². The first-order valence-electron chi connectivity index (χ1n) is 10.3. The van der Waals surface area contributed by atoms with Crippen LogP contribution in [0.1, 0.15) is 23.0 Å². The van der Waals surface area contributed by atoms with Gasteiger partial charge in [-0.15, -0.1) is 0 Å². The zero-order valence-corrected chi connectivity index (χ0v) is 17.8.